The standard InChI is InChI=1S/C11H11Cl2FO/c12-9-4-6-10(7-5-9)15-8-2-1-3-11(13)14/h3-7H,1-2,8H2/b11-3+. The number of unbranched alkanes of at least 4 members (excludes halogenated alkanes) is 1. The van der Waals surface area contributed by atoms with Gasteiger partial charge in [-0.2, -0.15) is 4.39 Å². The summed E-state index contributed by atoms with van der Waals surface area (Å²) in [5.74, 6) is 0.759. The Labute approximate surface area is 98.5 Å². The molecule has 82 valence electrons. The van der Waals surface area contributed by atoms with Crippen LogP contribution >= 0.6 is 23.2 Å². The minimum Gasteiger partial charge on any atom is -0.494 e. The highest BCUT2D eigenvalue weighted by Crippen LogP contribution is 2.15. The SMILES string of the molecule is F/C(Cl)=C/CCCOc1ccc(Cl)cc1. The molecule has 0 aliphatic rings. The molecule has 0 N–H and O–H groups in total. The predicted molar refractivity (Wildman–Crippen MR) is 61.2 cm³/mol. The van der Waals surface area contributed by atoms with Gasteiger partial charge in [0, 0.05) is 5.02 Å². The fourth-order valence-corrected chi connectivity index (χ4v) is 1.25. The van der Waals surface area contributed by atoms with Crippen LogP contribution in [-0.4, -0.2) is 6.61 Å². The Morgan fingerprint density at radius 3 is 2.60 bits per heavy atom. The van der Waals surface area contributed by atoms with Crippen molar-refractivity contribution in [2.75, 3.05) is 6.61 Å². The maximum Gasteiger partial charge on any atom is 0.185 e. The number of hydrogen-bond donors (Lipinski definition) is 0. The second kappa shape index (κ2) is 6.70. The highest BCUT2D eigenvalue weighted by molar-refractivity contribution is 6.30. The summed E-state index contributed by atoms with van der Waals surface area (Å²) in [6.07, 6.45) is 2.62. The zero-order chi connectivity index (χ0) is 11.1. The van der Waals surface area contributed by atoms with Crippen molar-refractivity contribution in [3.8, 4) is 5.75 Å². The molecule has 0 saturated heterocycles. The summed E-state index contributed by atoms with van der Waals surface area (Å²) < 4.78 is 17.5. The number of ether oxygens (including phenoxy) is 1. The number of rotatable bonds is 5. The van der Waals surface area contributed by atoms with Gasteiger partial charge >= 0.3 is 0 Å². The van der Waals surface area contributed by atoms with Crippen LogP contribution < -0.4 is 4.74 Å². The van der Waals surface area contributed by atoms with Crippen molar-refractivity contribution in [3.63, 3.8) is 0 Å². The van der Waals surface area contributed by atoms with E-state index in [0.717, 1.165) is 12.2 Å². The van der Waals surface area contributed by atoms with Crippen molar-refractivity contribution < 1.29 is 9.13 Å². The third-order valence-electron chi connectivity index (χ3n) is 1.73. The number of allylic oxidation sites excluding steroid dienone is 1. The molecule has 1 nitrogen and oxygen atoms in total. The second-order valence-corrected chi connectivity index (χ2v) is 3.74. The van der Waals surface area contributed by atoms with E-state index in [-0.39, 0.29) is 0 Å². The number of halogens is 3. The highest BCUT2D eigenvalue weighted by Gasteiger charge is 1.93. The Kier molecular flexibility index (Phi) is 5.51. The van der Waals surface area contributed by atoms with Gasteiger partial charge in [-0.15, -0.1) is 0 Å². The van der Waals surface area contributed by atoms with Crippen molar-refractivity contribution in [1.82, 2.24) is 0 Å². The third kappa shape index (κ3) is 5.65. The first kappa shape index (κ1) is 12.3. The van der Waals surface area contributed by atoms with Gasteiger partial charge < -0.3 is 4.74 Å². The van der Waals surface area contributed by atoms with E-state index in [1.165, 1.54) is 6.08 Å². The molecule has 1 aromatic carbocycles. The minimum atomic E-state index is -0.665. The summed E-state index contributed by atoms with van der Waals surface area (Å²) in [5.41, 5.74) is 0. The quantitative estimate of drug-likeness (QED) is 0.695. The maximum absolute atomic E-state index is 12.1. The van der Waals surface area contributed by atoms with E-state index in [1.807, 2.05) is 0 Å². The average Bonchev–Trinajstić information content (AvgIpc) is 2.20. The lowest BCUT2D eigenvalue weighted by atomic mass is 10.3. The van der Waals surface area contributed by atoms with Gasteiger partial charge in [-0.05, 0) is 43.2 Å². The summed E-state index contributed by atoms with van der Waals surface area (Å²) in [7, 11) is 0. The Morgan fingerprint density at radius 1 is 1.33 bits per heavy atom. The van der Waals surface area contributed by atoms with E-state index in [0.29, 0.717) is 18.1 Å². The molecule has 0 aliphatic heterocycles. The van der Waals surface area contributed by atoms with Crippen LogP contribution in [0.3, 0.4) is 0 Å². The Hall–Kier alpha value is -0.730. The van der Waals surface area contributed by atoms with E-state index in [4.69, 9.17) is 27.9 Å². The zero-order valence-corrected chi connectivity index (χ0v) is 9.56. The maximum atomic E-state index is 12.1. The first-order valence-corrected chi connectivity index (χ1v) is 5.33. The summed E-state index contributed by atoms with van der Waals surface area (Å²) in [6.45, 7) is 0.530. The molecule has 0 aromatic heterocycles. The molecule has 0 fully saturated rings. The van der Waals surface area contributed by atoms with E-state index in [9.17, 15) is 4.39 Å². The molecule has 15 heavy (non-hydrogen) atoms. The van der Waals surface area contributed by atoms with E-state index >= 15 is 0 Å². The Morgan fingerprint density at radius 2 is 2.00 bits per heavy atom. The smallest absolute Gasteiger partial charge is 0.185 e. The normalized spacial score (nSPS) is 11.5. The summed E-state index contributed by atoms with van der Waals surface area (Å²) in [4.78, 5) is 0. The molecule has 0 atom stereocenters. The molecule has 1 aromatic rings. The van der Waals surface area contributed by atoms with Crippen molar-refractivity contribution in [1.29, 1.82) is 0 Å². The summed E-state index contributed by atoms with van der Waals surface area (Å²) in [6, 6.07) is 7.10. The van der Waals surface area contributed by atoms with Crippen molar-refractivity contribution in [3.05, 3.63) is 40.7 Å². The van der Waals surface area contributed by atoms with Gasteiger partial charge in [0.2, 0.25) is 0 Å². The molecule has 0 spiro atoms. The van der Waals surface area contributed by atoms with Crippen LogP contribution in [0.5, 0.6) is 5.75 Å². The van der Waals surface area contributed by atoms with Gasteiger partial charge in [0.15, 0.2) is 5.29 Å². The van der Waals surface area contributed by atoms with Gasteiger partial charge in [0.1, 0.15) is 5.75 Å². The van der Waals surface area contributed by atoms with E-state index in [2.05, 4.69) is 0 Å². The molecule has 0 radical (unpaired) electrons. The third-order valence-corrected chi connectivity index (χ3v) is 2.14. The predicted octanol–water partition coefficient (Wildman–Crippen LogP) is 4.55. The van der Waals surface area contributed by atoms with Crippen LogP contribution in [0.15, 0.2) is 35.6 Å². The highest BCUT2D eigenvalue weighted by atomic mass is 35.5. The molecule has 0 amide bonds. The Balaban J connectivity index is 2.20. The molecule has 0 aliphatic carbocycles. The lowest BCUT2D eigenvalue weighted by molar-refractivity contribution is 0.312. The van der Waals surface area contributed by atoms with Crippen LogP contribution in [0.1, 0.15) is 12.8 Å². The first-order valence-electron chi connectivity index (χ1n) is 4.58. The molecule has 0 bridgehead atoms. The fourth-order valence-electron chi connectivity index (χ4n) is 1.02. The van der Waals surface area contributed by atoms with Crippen LogP contribution in [0.25, 0.3) is 0 Å². The fraction of sp³-hybridized carbons (Fsp3) is 0.273. The van der Waals surface area contributed by atoms with Gasteiger partial charge in [-0.25, -0.2) is 0 Å². The van der Waals surface area contributed by atoms with Crippen molar-refractivity contribution in [2.24, 2.45) is 0 Å². The second-order valence-electron chi connectivity index (χ2n) is 2.94. The van der Waals surface area contributed by atoms with Crippen molar-refractivity contribution >= 4 is 23.2 Å². The van der Waals surface area contributed by atoms with Gasteiger partial charge in [0.25, 0.3) is 0 Å². The zero-order valence-electron chi connectivity index (χ0n) is 8.05. The van der Waals surface area contributed by atoms with Gasteiger partial charge in [-0.1, -0.05) is 23.2 Å². The molecule has 1 rings (SSSR count). The van der Waals surface area contributed by atoms with E-state index in [1.54, 1.807) is 24.3 Å². The number of benzene rings is 1. The van der Waals surface area contributed by atoms with Gasteiger partial charge in [0.05, 0.1) is 6.61 Å². The van der Waals surface area contributed by atoms with Crippen molar-refractivity contribution in [2.45, 2.75) is 12.8 Å². The average molecular weight is 249 g/mol. The minimum absolute atomic E-state index is 0.530. The summed E-state index contributed by atoms with van der Waals surface area (Å²) in [5, 5.41) is 0.0102. The Bertz CT molecular complexity index is 318. The molecular weight excluding hydrogens is 238 g/mol. The lowest BCUT2D eigenvalue weighted by Crippen LogP contribution is -1.96. The monoisotopic (exact) mass is 248 g/mol. The van der Waals surface area contributed by atoms with Crippen LogP contribution in [0.4, 0.5) is 4.39 Å². The van der Waals surface area contributed by atoms with E-state index < -0.39 is 5.29 Å². The molecule has 0 saturated carbocycles. The van der Waals surface area contributed by atoms with Crippen LogP contribution in [0.2, 0.25) is 5.02 Å². The molecular formula is C11H11Cl2FO. The topological polar surface area (TPSA) is 9.23 Å². The van der Waals surface area contributed by atoms with Crippen LogP contribution in [0, 0.1) is 0 Å². The van der Waals surface area contributed by atoms with Crippen LogP contribution in [-0.2, 0) is 0 Å². The first-order chi connectivity index (χ1) is 7.18. The summed E-state index contributed by atoms with van der Waals surface area (Å²) >= 11 is 10.7. The molecule has 4 heteroatoms. The van der Waals surface area contributed by atoms with Gasteiger partial charge in [-0.3, -0.25) is 0 Å². The lowest BCUT2D eigenvalue weighted by Gasteiger charge is -2.04. The number of hydrogen-bond acceptors (Lipinski definition) is 1. The molecule has 0 unspecified atom stereocenters. The largest absolute Gasteiger partial charge is 0.494 e. The molecule has 0 heterocycles.